The molecule has 1 spiro atoms. The molecule has 4 rings (SSSR count). The molecule has 1 aromatic rings. The molecule has 2 atom stereocenters. The Kier molecular flexibility index (Phi) is 5.03. The average Bonchev–Trinajstić information content (AvgIpc) is 3.23. The van der Waals surface area contributed by atoms with Crippen LogP contribution in [0, 0.1) is 11.7 Å². The molecule has 140 valence electrons. The molecular weight excluding hydrogens is 355 g/mol. The summed E-state index contributed by atoms with van der Waals surface area (Å²) >= 11 is 1.52. The van der Waals surface area contributed by atoms with Crippen molar-refractivity contribution < 1.29 is 18.7 Å². The number of hydrogen-bond donors (Lipinski definition) is 1. The van der Waals surface area contributed by atoms with Crippen molar-refractivity contribution in [2.75, 3.05) is 13.2 Å². The highest BCUT2D eigenvalue weighted by Gasteiger charge is 2.45. The van der Waals surface area contributed by atoms with Crippen LogP contribution in [0.2, 0.25) is 0 Å². The monoisotopic (exact) mass is 378 g/mol. The van der Waals surface area contributed by atoms with Crippen LogP contribution in [-0.2, 0) is 14.3 Å². The summed E-state index contributed by atoms with van der Waals surface area (Å²) in [6, 6.07) is 6.18. The van der Waals surface area contributed by atoms with Crippen molar-refractivity contribution in [1.29, 1.82) is 0 Å². The van der Waals surface area contributed by atoms with E-state index < -0.39 is 5.79 Å². The zero-order valence-corrected chi connectivity index (χ0v) is 15.6. The van der Waals surface area contributed by atoms with Gasteiger partial charge in [-0.15, -0.1) is 0 Å². The zero-order valence-electron chi connectivity index (χ0n) is 14.7. The van der Waals surface area contributed by atoms with Crippen LogP contribution in [0.25, 0.3) is 0 Å². The summed E-state index contributed by atoms with van der Waals surface area (Å²) in [5, 5.41) is 3.47. The quantitative estimate of drug-likeness (QED) is 0.876. The van der Waals surface area contributed by atoms with Gasteiger partial charge in [-0.2, -0.15) is 0 Å². The van der Waals surface area contributed by atoms with E-state index in [2.05, 4.69) is 10.3 Å². The standard InChI is InChI=1S/C19H23FN2O3S/c1-12(13-2-4-15(20)5-3-13)21-18-22-17(23)16(26-18)14-6-8-19(9-7-14)24-10-11-25-19/h2-5,12,14,16H,6-11H2,1H3,(H,21,22,23)/t12-,16?/m0/s1. The first-order valence-corrected chi connectivity index (χ1v) is 10.0. The number of halogens is 1. The number of hydrogen-bond acceptors (Lipinski definition) is 5. The fourth-order valence-corrected chi connectivity index (χ4v) is 5.16. The Morgan fingerprint density at radius 3 is 2.54 bits per heavy atom. The molecule has 1 aliphatic carbocycles. The number of benzene rings is 1. The summed E-state index contributed by atoms with van der Waals surface area (Å²) in [5.74, 6) is -0.311. The van der Waals surface area contributed by atoms with Gasteiger partial charge in [0.2, 0.25) is 5.91 Å². The molecule has 1 N–H and O–H groups in total. The van der Waals surface area contributed by atoms with E-state index in [9.17, 15) is 9.18 Å². The molecule has 0 bridgehead atoms. The van der Waals surface area contributed by atoms with Crippen molar-refractivity contribution in [1.82, 2.24) is 5.32 Å². The lowest BCUT2D eigenvalue weighted by molar-refractivity contribution is -0.182. The Morgan fingerprint density at radius 2 is 1.88 bits per heavy atom. The minimum atomic E-state index is -0.399. The molecule has 2 aliphatic heterocycles. The number of carbonyl (C=O) groups excluding carboxylic acids is 1. The van der Waals surface area contributed by atoms with Crippen molar-refractivity contribution >= 4 is 22.8 Å². The van der Waals surface area contributed by atoms with Gasteiger partial charge in [0.05, 0.1) is 24.5 Å². The van der Waals surface area contributed by atoms with Crippen LogP contribution in [0.1, 0.15) is 44.2 Å². The van der Waals surface area contributed by atoms with Crippen LogP contribution in [0.5, 0.6) is 0 Å². The molecule has 1 amide bonds. The van der Waals surface area contributed by atoms with Crippen molar-refractivity contribution in [3.8, 4) is 0 Å². The Labute approximate surface area is 156 Å². The summed E-state index contributed by atoms with van der Waals surface area (Å²) in [4.78, 5) is 17.1. The van der Waals surface area contributed by atoms with E-state index in [4.69, 9.17) is 9.47 Å². The van der Waals surface area contributed by atoms with Gasteiger partial charge in [-0.3, -0.25) is 9.79 Å². The number of ether oxygens (including phenoxy) is 2. The lowest BCUT2D eigenvalue weighted by Gasteiger charge is -2.36. The topological polar surface area (TPSA) is 59.9 Å². The van der Waals surface area contributed by atoms with Gasteiger partial charge in [0.25, 0.3) is 0 Å². The fraction of sp³-hybridized carbons (Fsp3) is 0.579. The molecule has 26 heavy (non-hydrogen) atoms. The third-order valence-corrected chi connectivity index (χ3v) is 6.71. The Morgan fingerprint density at radius 1 is 1.23 bits per heavy atom. The van der Waals surface area contributed by atoms with Crippen molar-refractivity contribution in [2.24, 2.45) is 10.9 Å². The Balaban J connectivity index is 1.38. The molecule has 1 aromatic carbocycles. The number of amides is 1. The zero-order chi connectivity index (χ0) is 18.1. The van der Waals surface area contributed by atoms with Gasteiger partial charge in [0.15, 0.2) is 11.0 Å². The van der Waals surface area contributed by atoms with E-state index in [0.29, 0.717) is 24.3 Å². The Bertz CT molecular complexity index is 693. The molecule has 0 aromatic heterocycles. The highest BCUT2D eigenvalue weighted by molar-refractivity contribution is 8.15. The van der Waals surface area contributed by atoms with Gasteiger partial charge >= 0.3 is 0 Å². The number of carbonyl (C=O) groups is 1. The molecule has 2 heterocycles. The first-order chi connectivity index (χ1) is 12.5. The second-order valence-corrected chi connectivity index (χ2v) is 8.26. The predicted octanol–water partition coefficient (Wildman–Crippen LogP) is 3.41. The van der Waals surface area contributed by atoms with Gasteiger partial charge in [-0.25, -0.2) is 4.39 Å². The molecule has 3 aliphatic rings. The molecule has 7 heteroatoms. The SMILES string of the molecule is C[C@H](N=C1NC(=O)C(C2CCC3(CC2)OCCO3)S1)c1ccc(F)cc1. The van der Waals surface area contributed by atoms with E-state index in [1.165, 1.54) is 23.9 Å². The first kappa shape index (κ1) is 17.9. The van der Waals surface area contributed by atoms with Gasteiger partial charge in [0.1, 0.15) is 5.82 Å². The fourth-order valence-electron chi connectivity index (χ4n) is 3.91. The third-order valence-electron chi connectivity index (χ3n) is 5.42. The maximum atomic E-state index is 13.1. The van der Waals surface area contributed by atoms with Crippen LogP contribution in [0.15, 0.2) is 29.3 Å². The third kappa shape index (κ3) is 3.66. The van der Waals surface area contributed by atoms with Crippen molar-refractivity contribution in [3.63, 3.8) is 0 Å². The largest absolute Gasteiger partial charge is 0.348 e. The van der Waals surface area contributed by atoms with Crippen molar-refractivity contribution in [3.05, 3.63) is 35.6 Å². The lowest BCUT2D eigenvalue weighted by atomic mass is 9.83. The van der Waals surface area contributed by atoms with Crippen LogP contribution in [-0.4, -0.2) is 35.3 Å². The summed E-state index contributed by atoms with van der Waals surface area (Å²) < 4.78 is 24.6. The molecule has 3 fully saturated rings. The normalized spacial score (nSPS) is 28.6. The van der Waals surface area contributed by atoms with Crippen molar-refractivity contribution in [2.45, 2.75) is 49.7 Å². The Hall–Kier alpha value is -1.44. The number of aliphatic imine (C=N–C) groups is 1. The van der Waals surface area contributed by atoms with Crippen LogP contribution in [0.4, 0.5) is 4.39 Å². The predicted molar refractivity (Wildman–Crippen MR) is 98.4 cm³/mol. The first-order valence-electron chi connectivity index (χ1n) is 9.13. The molecule has 1 saturated carbocycles. The molecule has 2 saturated heterocycles. The van der Waals surface area contributed by atoms with Gasteiger partial charge in [-0.05, 0) is 43.4 Å². The maximum absolute atomic E-state index is 13.1. The minimum Gasteiger partial charge on any atom is -0.348 e. The van der Waals surface area contributed by atoms with E-state index >= 15 is 0 Å². The lowest BCUT2D eigenvalue weighted by Crippen LogP contribution is -2.39. The van der Waals surface area contributed by atoms with Crippen LogP contribution < -0.4 is 5.32 Å². The van der Waals surface area contributed by atoms with E-state index in [-0.39, 0.29) is 23.0 Å². The van der Waals surface area contributed by atoms with E-state index in [1.54, 1.807) is 12.1 Å². The molecular formula is C19H23FN2O3S. The summed E-state index contributed by atoms with van der Waals surface area (Å²) in [6.45, 7) is 3.28. The second-order valence-electron chi connectivity index (χ2n) is 7.13. The summed E-state index contributed by atoms with van der Waals surface area (Å²) in [5.41, 5.74) is 0.923. The van der Waals surface area contributed by atoms with Gasteiger partial charge in [-0.1, -0.05) is 23.9 Å². The number of nitrogens with zero attached hydrogens (tertiary/aromatic N) is 1. The van der Waals surface area contributed by atoms with Gasteiger partial charge in [0, 0.05) is 12.8 Å². The number of nitrogens with one attached hydrogen (secondary N) is 1. The maximum Gasteiger partial charge on any atom is 0.239 e. The number of amidine groups is 1. The van der Waals surface area contributed by atoms with E-state index in [1.807, 2.05) is 6.92 Å². The second kappa shape index (κ2) is 7.29. The number of rotatable bonds is 3. The average molecular weight is 378 g/mol. The van der Waals surface area contributed by atoms with Gasteiger partial charge < -0.3 is 14.8 Å². The summed E-state index contributed by atoms with van der Waals surface area (Å²) in [7, 11) is 0. The molecule has 5 nitrogen and oxygen atoms in total. The van der Waals surface area contributed by atoms with E-state index in [0.717, 1.165) is 31.2 Å². The molecule has 0 radical (unpaired) electrons. The van der Waals surface area contributed by atoms with Crippen LogP contribution >= 0.6 is 11.8 Å². The summed E-state index contributed by atoms with van der Waals surface area (Å²) in [6.07, 6.45) is 3.54. The number of thioether (sulfide) groups is 1. The molecule has 1 unspecified atom stereocenters. The minimum absolute atomic E-state index is 0.0364. The highest BCUT2D eigenvalue weighted by atomic mass is 32.2. The van der Waals surface area contributed by atoms with Crippen LogP contribution in [0.3, 0.4) is 0 Å². The smallest absolute Gasteiger partial charge is 0.239 e. The highest BCUT2D eigenvalue weighted by Crippen LogP contribution is 2.43.